The molecule has 0 aliphatic rings. The van der Waals surface area contributed by atoms with E-state index in [1.54, 1.807) is 0 Å². The summed E-state index contributed by atoms with van der Waals surface area (Å²) in [6, 6.07) is 8.82. The largest absolute Gasteiger partial charge is 0.361 e. The number of benzene rings is 1. The van der Waals surface area contributed by atoms with Crippen LogP contribution in [0.3, 0.4) is 0 Å². The number of hydrogen-bond donors (Lipinski definition) is 1. The van der Waals surface area contributed by atoms with Crippen LogP contribution < -0.4 is 0 Å². The molecule has 2 aromatic heterocycles. The van der Waals surface area contributed by atoms with E-state index >= 15 is 0 Å². The molecule has 0 bridgehead atoms. The third kappa shape index (κ3) is 0.988. The first kappa shape index (κ1) is 7.15. The summed E-state index contributed by atoms with van der Waals surface area (Å²) in [5.74, 6) is 0. The van der Waals surface area contributed by atoms with Crippen LogP contribution in [0, 0.1) is 6.92 Å². The molecular formula is C11H9NS. The zero-order chi connectivity index (χ0) is 8.84. The maximum Gasteiger partial charge on any atom is 0.0468 e. The van der Waals surface area contributed by atoms with Crippen molar-refractivity contribution in [3.8, 4) is 0 Å². The molecule has 0 saturated heterocycles. The van der Waals surface area contributed by atoms with Gasteiger partial charge in [-0.1, -0.05) is 0 Å². The lowest BCUT2D eigenvalue weighted by molar-refractivity contribution is 1.48. The predicted molar refractivity (Wildman–Crippen MR) is 58.4 cm³/mol. The Labute approximate surface area is 80.0 Å². The van der Waals surface area contributed by atoms with Gasteiger partial charge in [-0.2, -0.15) is 0 Å². The van der Waals surface area contributed by atoms with Gasteiger partial charge in [-0.25, -0.2) is 0 Å². The lowest BCUT2D eigenvalue weighted by atomic mass is 10.2. The fraction of sp³-hybridized carbons (Fsp3) is 0.0909. The Morgan fingerprint density at radius 3 is 3.00 bits per heavy atom. The van der Waals surface area contributed by atoms with Crippen LogP contribution in [0.1, 0.15) is 4.88 Å². The molecule has 0 aliphatic heterocycles. The highest BCUT2D eigenvalue weighted by molar-refractivity contribution is 7.19. The molecule has 0 spiro atoms. The molecule has 2 heteroatoms. The molecular weight excluding hydrogens is 178 g/mol. The Hall–Kier alpha value is -1.28. The van der Waals surface area contributed by atoms with Gasteiger partial charge in [0.2, 0.25) is 0 Å². The van der Waals surface area contributed by atoms with E-state index in [-0.39, 0.29) is 0 Å². The van der Waals surface area contributed by atoms with Crippen molar-refractivity contribution < 1.29 is 0 Å². The van der Waals surface area contributed by atoms with Crippen LogP contribution in [0.25, 0.3) is 21.0 Å². The van der Waals surface area contributed by atoms with Crippen molar-refractivity contribution in [3.63, 3.8) is 0 Å². The van der Waals surface area contributed by atoms with Crippen LogP contribution in [-0.2, 0) is 0 Å². The molecule has 2 heterocycles. The minimum Gasteiger partial charge on any atom is -0.361 e. The van der Waals surface area contributed by atoms with Gasteiger partial charge in [0.25, 0.3) is 0 Å². The van der Waals surface area contributed by atoms with Crippen LogP contribution in [0.4, 0.5) is 0 Å². The molecule has 0 unspecified atom stereocenters. The van der Waals surface area contributed by atoms with Crippen molar-refractivity contribution in [1.82, 2.24) is 4.98 Å². The van der Waals surface area contributed by atoms with Gasteiger partial charge in [-0.05, 0) is 36.6 Å². The SMILES string of the molecule is Cc1cc2cc3cc[nH]c3cc2s1. The molecule has 1 N–H and O–H groups in total. The van der Waals surface area contributed by atoms with Gasteiger partial charge in [0.05, 0.1) is 0 Å². The summed E-state index contributed by atoms with van der Waals surface area (Å²) in [5.41, 5.74) is 1.23. The van der Waals surface area contributed by atoms with Crippen molar-refractivity contribution in [2.45, 2.75) is 6.92 Å². The van der Waals surface area contributed by atoms with Gasteiger partial charge in [-0.15, -0.1) is 11.3 Å². The number of thiophene rings is 1. The van der Waals surface area contributed by atoms with E-state index in [0.717, 1.165) is 0 Å². The Morgan fingerprint density at radius 2 is 2.08 bits per heavy atom. The highest BCUT2D eigenvalue weighted by Gasteiger charge is 2.00. The van der Waals surface area contributed by atoms with Gasteiger partial charge >= 0.3 is 0 Å². The second kappa shape index (κ2) is 2.36. The molecule has 0 saturated carbocycles. The molecule has 0 amide bonds. The fourth-order valence-corrected chi connectivity index (χ4v) is 2.67. The Kier molecular flexibility index (Phi) is 1.30. The first-order chi connectivity index (χ1) is 6.33. The summed E-state index contributed by atoms with van der Waals surface area (Å²) in [5, 5.41) is 2.65. The number of aromatic amines is 1. The molecule has 3 aromatic rings. The predicted octanol–water partition coefficient (Wildman–Crippen LogP) is 3.69. The van der Waals surface area contributed by atoms with E-state index in [2.05, 4.69) is 36.2 Å². The molecule has 13 heavy (non-hydrogen) atoms. The second-order valence-corrected chi connectivity index (χ2v) is 4.60. The van der Waals surface area contributed by atoms with Gasteiger partial charge in [0.15, 0.2) is 0 Å². The number of H-pyrrole nitrogens is 1. The summed E-state index contributed by atoms with van der Waals surface area (Å²) in [6.45, 7) is 2.15. The maximum absolute atomic E-state index is 3.23. The van der Waals surface area contributed by atoms with Crippen molar-refractivity contribution in [1.29, 1.82) is 0 Å². The molecule has 64 valence electrons. The van der Waals surface area contributed by atoms with Gasteiger partial charge in [0, 0.05) is 26.7 Å². The minimum atomic E-state index is 1.23. The second-order valence-electron chi connectivity index (χ2n) is 3.31. The summed E-state index contributed by atoms with van der Waals surface area (Å²) in [6.07, 6.45) is 1.99. The third-order valence-electron chi connectivity index (χ3n) is 2.31. The fourth-order valence-electron chi connectivity index (χ4n) is 1.72. The first-order valence-corrected chi connectivity index (χ1v) is 5.12. The van der Waals surface area contributed by atoms with Crippen LogP contribution in [0.5, 0.6) is 0 Å². The van der Waals surface area contributed by atoms with Gasteiger partial charge in [0.1, 0.15) is 0 Å². The Morgan fingerprint density at radius 1 is 1.15 bits per heavy atom. The molecule has 3 rings (SSSR count). The summed E-state index contributed by atoms with van der Waals surface area (Å²) < 4.78 is 1.37. The van der Waals surface area contributed by atoms with E-state index in [1.165, 1.54) is 25.9 Å². The van der Waals surface area contributed by atoms with Crippen LogP contribution in [0.15, 0.2) is 30.5 Å². The summed E-state index contributed by atoms with van der Waals surface area (Å²) >= 11 is 1.85. The third-order valence-corrected chi connectivity index (χ3v) is 3.33. The number of hydrogen-bond acceptors (Lipinski definition) is 1. The number of nitrogens with one attached hydrogen (secondary N) is 1. The van der Waals surface area contributed by atoms with Crippen LogP contribution in [0.2, 0.25) is 0 Å². The standard InChI is InChI=1S/C11H9NS/c1-7-4-9-5-8-2-3-12-10(8)6-11(9)13-7/h2-6,12H,1H3. The number of fused-ring (bicyclic) bond motifs is 2. The topological polar surface area (TPSA) is 15.8 Å². The zero-order valence-corrected chi connectivity index (χ0v) is 8.11. The molecule has 0 aliphatic carbocycles. The van der Waals surface area contributed by atoms with Crippen LogP contribution in [-0.4, -0.2) is 4.98 Å². The van der Waals surface area contributed by atoms with Crippen molar-refractivity contribution >= 4 is 32.3 Å². The quantitative estimate of drug-likeness (QED) is 0.552. The highest BCUT2D eigenvalue weighted by atomic mass is 32.1. The van der Waals surface area contributed by atoms with E-state index < -0.39 is 0 Å². The number of aryl methyl sites for hydroxylation is 1. The normalized spacial score (nSPS) is 11.5. The van der Waals surface area contributed by atoms with Gasteiger partial charge < -0.3 is 4.98 Å². The summed E-state index contributed by atoms with van der Waals surface area (Å²) in [7, 11) is 0. The smallest absolute Gasteiger partial charge is 0.0468 e. The monoisotopic (exact) mass is 187 g/mol. The van der Waals surface area contributed by atoms with E-state index in [1.807, 2.05) is 17.5 Å². The lowest BCUT2D eigenvalue weighted by Gasteiger charge is -1.90. The molecule has 0 radical (unpaired) electrons. The van der Waals surface area contributed by atoms with E-state index in [4.69, 9.17) is 0 Å². The summed E-state index contributed by atoms with van der Waals surface area (Å²) in [4.78, 5) is 4.61. The molecule has 1 aromatic carbocycles. The Bertz CT molecular complexity index is 526. The Balaban J connectivity index is 2.54. The van der Waals surface area contributed by atoms with Crippen molar-refractivity contribution in [2.24, 2.45) is 0 Å². The highest BCUT2D eigenvalue weighted by Crippen LogP contribution is 2.28. The average Bonchev–Trinajstić information content (AvgIpc) is 2.63. The maximum atomic E-state index is 3.23. The van der Waals surface area contributed by atoms with Crippen molar-refractivity contribution in [2.75, 3.05) is 0 Å². The lowest BCUT2D eigenvalue weighted by Crippen LogP contribution is -1.65. The number of aromatic nitrogens is 1. The minimum absolute atomic E-state index is 1.23. The average molecular weight is 187 g/mol. The van der Waals surface area contributed by atoms with Crippen LogP contribution >= 0.6 is 11.3 Å². The van der Waals surface area contributed by atoms with Gasteiger partial charge in [-0.3, -0.25) is 0 Å². The molecule has 0 fully saturated rings. The molecule has 1 nitrogen and oxygen atoms in total. The van der Waals surface area contributed by atoms with E-state index in [0.29, 0.717) is 0 Å². The molecule has 0 atom stereocenters. The van der Waals surface area contributed by atoms with E-state index in [9.17, 15) is 0 Å². The number of rotatable bonds is 0. The van der Waals surface area contributed by atoms with Crippen molar-refractivity contribution in [3.05, 3.63) is 35.3 Å². The zero-order valence-electron chi connectivity index (χ0n) is 7.29. The first-order valence-electron chi connectivity index (χ1n) is 4.30.